The molecule has 22 rings (SSSR count). The zero-order chi connectivity index (χ0) is 93.1. The van der Waals surface area contributed by atoms with Gasteiger partial charge in [0.05, 0.1) is 66.2 Å². The highest BCUT2D eigenvalue weighted by Crippen LogP contribution is 2.59. The number of aliphatic hydroxyl groups is 1. The zero-order valence-corrected chi connectivity index (χ0v) is 78.4. The van der Waals surface area contributed by atoms with E-state index in [9.17, 15) is 29.4 Å². The van der Waals surface area contributed by atoms with Crippen LogP contribution < -0.4 is 18.9 Å². The zero-order valence-electron chi connectivity index (χ0n) is 78.4. The van der Waals surface area contributed by atoms with Crippen LogP contribution in [0.1, 0.15) is 240 Å². The Balaban J connectivity index is 0.000000116. The van der Waals surface area contributed by atoms with Crippen LogP contribution in [0.3, 0.4) is 0 Å². The third kappa shape index (κ3) is 19.9. The van der Waals surface area contributed by atoms with Gasteiger partial charge in [-0.25, -0.2) is 19.2 Å². The quantitative estimate of drug-likeness (QED) is 0.0294. The van der Waals surface area contributed by atoms with E-state index in [0.29, 0.717) is 29.2 Å². The number of fused-ring (bicyclic) bond motifs is 4. The number of methoxy groups -OCH3 is 3. The molecule has 0 saturated heterocycles. The van der Waals surface area contributed by atoms with Crippen LogP contribution in [0.5, 0.6) is 23.0 Å². The number of benzene rings is 12. The van der Waals surface area contributed by atoms with E-state index in [1.54, 1.807) is 0 Å². The maximum atomic E-state index is 13.1. The molecule has 4 heterocycles. The molecule has 0 radical (unpaired) electrons. The first-order chi connectivity index (χ1) is 65.9. The van der Waals surface area contributed by atoms with Crippen molar-refractivity contribution in [1.29, 1.82) is 0 Å². The Hall–Kier alpha value is -12.9. The summed E-state index contributed by atoms with van der Waals surface area (Å²) in [4.78, 5) is 51.0. The Kier molecular flexibility index (Phi) is 27.3. The number of aliphatic carboxylic acids is 1. The number of rotatable bonds is 26. The molecule has 4 atom stereocenters. The Morgan fingerprint density at radius 2 is 0.600 bits per heavy atom. The number of ether oxygens (including phenoxy) is 10. The van der Waals surface area contributed by atoms with E-state index >= 15 is 0 Å². The van der Waals surface area contributed by atoms with Gasteiger partial charge in [0.1, 0.15) is 23.0 Å². The maximum absolute atomic E-state index is 13.1. The number of hydrogen-bond donors (Lipinski definition) is 2. The van der Waals surface area contributed by atoms with Gasteiger partial charge in [0.15, 0.2) is 18.3 Å². The molecule has 10 aliphatic rings. The lowest BCUT2D eigenvalue weighted by atomic mass is 9.81. The highest BCUT2D eigenvalue weighted by molar-refractivity contribution is 5.94. The van der Waals surface area contributed by atoms with Crippen LogP contribution in [0.4, 0.5) is 0 Å². The fourth-order valence-electron chi connectivity index (χ4n) is 20.7. The highest BCUT2D eigenvalue weighted by atomic mass is 16.6. The molecule has 0 spiro atoms. The van der Waals surface area contributed by atoms with Gasteiger partial charge in [0.25, 0.3) is 0 Å². The first-order valence-corrected chi connectivity index (χ1v) is 48.6. The summed E-state index contributed by atoms with van der Waals surface area (Å²) in [5.74, 6) is 3.28. The van der Waals surface area contributed by atoms with Crippen LogP contribution in [-0.2, 0) is 73.3 Å². The summed E-state index contributed by atoms with van der Waals surface area (Å²) in [7, 11) is 4.17. The molecule has 4 aliphatic heterocycles. The third-order valence-electron chi connectivity index (χ3n) is 28.0. The van der Waals surface area contributed by atoms with Gasteiger partial charge in [0.2, 0.25) is 6.10 Å². The number of aliphatic hydroxyl groups excluding tert-OH is 1. The Morgan fingerprint density at radius 3 is 0.874 bits per heavy atom. The van der Waals surface area contributed by atoms with Gasteiger partial charge in [-0.2, -0.15) is 0 Å². The van der Waals surface area contributed by atoms with Gasteiger partial charge >= 0.3 is 23.9 Å². The topological polar surface area (TPSA) is 201 Å². The standard InChI is InChI=1S/C31H32O4.2C30H30O4.C28H28O4/c1-19-17-25(20-7-4-3-5-8-20)28(21-10-11-21)29(23-12-15-26-22(18-23)9-6-16-34-26)27(19)30(31(32)33-2)35-24-13-14-24;1-18-16-24(19-6-3-2-4-7-19)27(20-9-10-20)28(26(18)29(30(31)32)34-23-12-13-23)22-11-14-25-21(17-22)8-5-15-33-25;1-4-33-29(30(31)32-3)26-19(2)17-24(20-9-6-5-7-10-20)27(21-12-13-21)28(26)23-14-15-25-22(18-23)11-8-16-34-25;1-17-15-22(18-7-4-3-5-8-18)25(19-10-11-19)26(24(17)27(29)28(30)31-2)21-12-13-23-20(16-21)9-6-14-32-23/h3-5,7-8,12,15,17-18,21,24,30H,6,9-11,13-14,16H2,1-2H3;2-4,6-7,11,14,16-17,20,23,29H,5,8-10,12-13,15H2,1H3,(H,31,32);4-7,9-10,14-15,17-18,21,29H,1,8,11-13,16H2,2-3H3;3-5,7-8,12-13,15-16,19,27,29H,6,9-11,14H2,1-2H3. The number of esters is 3. The summed E-state index contributed by atoms with van der Waals surface area (Å²) in [6.45, 7) is 14.9. The van der Waals surface area contributed by atoms with E-state index in [1.807, 2.05) is 45.0 Å². The third-order valence-corrected chi connectivity index (χ3v) is 28.0. The van der Waals surface area contributed by atoms with Gasteiger partial charge in [-0.3, -0.25) is 0 Å². The van der Waals surface area contributed by atoms with E-state index in [-0.39, 0.29) is 18.2 Å². The number of carboxylic acids is 1. The Morgan fingerprint density at radius 1 is 0.333 bits per heavy atom. The van der Waals surface area contributed by atoms with Crippen molar-refractivity contribution < 1.29 is 76.8 Å². The molecule has 12 aromatic carbocycles. The Labute approximate surface area is 792 Å². The number of carboxylic acid groups (broad SMARTS) is 1. The van der Waals surface area contributed by atoms with Crippen LogP contribution in [0.2, 0.25) is 0 Å². The molecule has 2 N–H and O–H groups in total. The first kappa shape index (κ1) is 91.3. The summed E-state index contributed by atoms with van der Waals surface area (Å²) >= 11 is 0. The molecule has 0 aromatic heterocycles. The van der Waals surface area contributed by atoms with Crippen LogP contribution in [0, 0.1) is 27.7 Å². The molecule has 692 valence electrons. The minimum absolute atomic E-state index is 0.0449. The second-order valence-corrected chi connectivity index (χ2v) is 37.9. The number of carbonyl (C=O) groups excluding carboxylic acids is 3. The van der Waals surface area contributed by atoms with Crippen molar-refractivity contribution in [2.24, 2.45) is 0 Å². The predicted molar refractivity (Wildman–Crippen MR) is 528 cm³/mol. The largest absolute Gasteiger partial charge is 0.493 e. The summed E-state index contributed by atoms with van der Waals surface area (Å²) in [5, 5.41) is 21.3. The number of aryl methyl sites for hydroxylation is 8. The minimum atomic E-state index is -1.33. The number of carbonyl (C=O) groups is 4. The smallest absolute Gasteiger partial charge is 0.351 e. The van der Waals surface area contributed by atoms with Crippen molar-refractivity contribution in [3.05, 3.63) is 320 Å². The average molecular weight is 1810 g/mol. The molecule has 0 amide bonds. The fraction of sp³-hybridized carbons (Fsp3) is 0.345. The van der Waals surface area contributed by atoms with E-state index in [2.05, 4.69) is 208 Å². The van der Waals surface area contributed by atoms with Crippen molar-refractivity contribution in [3.8, 4) is 112 Å². The van der Waals surface area contributed by atoms with Gasteiger partial charge in [-0.15, -0.1) is 0 Å². The van der Waals surface area contributed by atoms with Gasteiger partial charge in [-0.1, -0.05) is 176 Å². The molecule has 16 heteroatoms. The average Bonchev–Trinajstić information content (AvgIpc) is 1.69. The first-order valence-electron chi connectivity index (χ1n) is 48.6. The van der Waals surface area contributed by atoms with Crippen molar-refractivity contribution >= 4 is 23.9 Å². The molecule has 0 bridgehead atoms. The van der Waals surface area contributed by atoms with Crippen LogP contribution in [0.15, 0.2) is 231 Å². The number of hydrogen-bond acceptors (Lipinski definition) is 15. The normalized spacial score (nSPS) is 16.9. The molecule has 6 fully saturated rings. The molecule has 12 aromatic rings. The van der Waals surface area contributed by atoms with Gasteiger partial charge in [-0.05, 0) is 384 Å². The molecule has 6 aliphatic carbocycles. The van der Waals surface area contributed by atoms with Crippen molar-refractivity contribution in [3.63, 3.8) is 0 Å². The van der Waals surface area contributed by atoms with Crippen LogP contribution in [-0.4, -0.2) is 94.1 Å². The van der Waals surface area contributed by atoms with Crippen LogP contribution in [0.25, 0.3) is 89.0 Å². The SMILES string of the molecule is C=COC(C(=O)OC)c1c(C)cc(-c2ccccc2)c(C2CC2)c1-c1ccc2c(c1)CCCO2.COC(=O)C(O)c1c(C)cc(-c2ccccc2)c(C2CC2)c1-c1ccc2c(c1)CCCO2.COC(=O)C(OC1CC1)c1c(C)cc(-c2ccccc2)c(C2CC2)c1-c1ccc2c(c1)CCCO2.Cc1cc(-c2ccccc2)c(C2CC2)c(-c2ccc3c(c2)CCCO3)c1C(OC1CC1)C(=O)O. The summed E-state index contributed by atoms with van der Waals surface area (Å²) in [5.41, 5.74) is 35.3. The lowest BCUT2D eigenvalue weighted by Gasteiger charge is -2.27. The maximum Gasteiger partial charge on any atom is 0.351 e. The van der Waals surface area contributed by atoms with E-state index in [4.69, 9.17) is 47.4 Å². The van der Waals surface area contributed by atoms with Crippen molar-refractivity contribution in [1.82, 2.24) is 0 Å². The lowest BCUT2D eigenvalue weighted by Crippen LogP contribution is -2.21. The summed E-state index contributed by atoms with van der Waals surface area (Å²) in [6, 6.07) is 76.4. The second kappa shape index (κ2) is 40.4. The molecule has 16 nitrogen and oxygen atoms in total. The summed E-state index contributed by atoms with van der Waals surface area (Å²) in [6.07, 6.45) is 18.5. The van der Waals surface area contributed by atoms with Gasteiger partial charge in [0, 0.05) is 22.3 Å². The molecule has 6 saturated carbocycles. The molecular formula is C119H120O16. The highest BCUT2D eigenvalue weighted by Gasteiger charge is 2.44. The molecule has 135 heavy (non-hydrogen) atoms. The van der Waals surface area contributed by atoms with Crippen molar-refractivity contribution in [2.45, 2.75) is 216 Å². The van der Waals surface area contributed by atoms with E-state index in [1.165, 1.54) is 111 Å². The minimum Gasteiger partial charge on any atom is -0.493 e. The van der Waals surface area contributed by atoms with E-state index < -0.39 is 42.3 Å². The second-order valence-electron chi connectivity index (χ2n) is 37.9. The molecule has 4 unspecified atom stereocenters. The lowest BCUT2D eigenvalue weighted by molar-refractivity contribution is -0.155. The molecular weight excluding hydrogens is 1690 g/mol. The monoisotopic (exact) mass is 1800 g/mol. The fourth-order valence-corrected chi connectivity index (χ4v) is 20.7. The van der Waals surface area contributed by atoms with Gasteiger partial charge < -0.3 is 57.6 Å². The summed E-state index contributed by atoms with van der Waals surface area (Å²) < 4.78 is 57.2. The van der Waals surface area contributed by atoms with E-state index in [0.717, 1.165) is 267 Å². The van der Waals surface area contributed by atoms with Crippen molar-refractivity contribution in [2.75, 3.05) is 47.8 Å². The van der Waals surface area contributed by atoms with Crippen LogP contribution >= 0.6 is 0 Å². The Bertz CT molecular complexity index is 6430. The predicted octanol–water partition coefficient (Wildman–Crippen LogP) is 26.4.